The van der Waals surface area contributed by atoms with Gasteiger partial charge in [-0.15, -0.1) is 11.3 Å². The lowest BCUT2D eigenvalue weighted by molar-refractivity contribution is 0.0526. The molecule has 1 aromatic rings. The van der Waals surface area contributed by atoms with Gasteiger partial charge in [0.2, 0.25) is 5.01 Å². The summed E-state index contributed by atoms with van der Waals surface area (Å²) in [5.41, 5.74) is 0.313. The number of rotatable bonds is 7. The van der Waals surface area contributed by atoms with Crippen molar-refractivity contribution in [3.63, 3.8) is 0 Å². The van der Waals surface area contributed by atoms with Crippen LogP contribution in [-0.2, 0) is 4.74 Å². The number of nitrogens with zero attached hydrogens (tertiary/aromatic N) is 1. The first-order valence-electron chi connectivity index (χ1n) is 7.60. The Kier molecular flexibility index (Phi) is 4.24. The fraction of sp³-hybridized carbons (Fsp3) is 0.667. The first-order chi connectivity index (χ1) is 10.2. The van der Waals surface area contributed by atoms with E-state index in [0.29, 0.717) is 18.2 Å². The zero-order chi connectivity index (χ0) is 14.8. The minimum atomic E-state index is -0.463. The highest BCUT2D eigenvalue weighted by Crippen LogP contribution is 2.48. The van der Waals surface area contributed by atoms with Crippen molar-refractivity contribution in [2.24, 2.45) is 17.8 Å². The highest BCUT2D eigenvalue weighted by Gasteiger charge is 2.41. The minimum absolute atomic E-state index is 0.187. The van der Waals surface area contributed by atoms with Crippen LogP contribution in [0.15, 0.2) is 5.38 Å². The van der Waals surface area contributed by atoms with E-state index in [0.717, 1.165) is 29.7 Å². The van der Waals surface area contributed by atoms with Crippen molar-refractivity contribution < 1.29 is 14.3 Å². The molecule has 0 bridgehead atoms. The zero-order valence-corrected chi connectivity index (χ0v) is 12.9. The average Bonchev–Trinajstić information content (AvgIpc) is 3.39. The van der Waals surface area contributed by atoms with Crippen LogP contribution in [-0.4, -0.2) is 30.0 Å². The zero-order valence-electron chi connectivity index (χ0n) is 12.1. The SMILES string of the molecule is CCOC(=O)c1nc(C(=O)NCC(C2CC2)C2CC2)cs1. The summed E-state index contributed by atoms with van der Waals surface area (Å²) in [5.74, 6) is 1.60. The van der Waals surface area contributed by atoms with Crippen LogP contribution in [0, 0.1) is 17.8 Å². The molecule has 0 unspecified atom stereocenters. The number of carbonyl (C=O) groups is 2. The van der Waals surface area contributed by atoms with Crippen LogP contribution in [0.1, 0.15) is 52.9 Å². The maximum Gasteiger partial charge on any atom is 0.367 e. The van der Waals surface area contributed by atoms with E-state index in [4.69, 9.17) is 4.74 Å². The fourth-order valence-electron chi connectivity index (χ4n) is 2.73. The summed E-state index contributed by atoms with van der Waals surface area (Å²) < 4.78 is 4.88. The van der Waals surface area contributed by atoms with Crippen molar-refractivity contribution in [3.8, 4) is 0 Å². The number of hydrogen-bond acceptors (Lipinski definition) is 5. The molecule has 0 atom stereocenters. The second-order valence-electron chi connectivity index (χ2n) is 5.81. The van der Waals surface area contributed by atoms with Gasteiger partial charge < -0.3 is 10.1 Å². The van der Waals surface area contributed by atoms with Gasteiger partial charge in [-0.05, 0) is 50.4 Å². The molecule has 2 saturated carbocycles. The number of hydrogen-bond donors (Lipinski definition) is 1. The van der Waals surface area contributed by atoms with Crippen molar-refractivity contribution in [2.45, 2.75) is 32.6 Å². The monoisotopic (exact) mass is 308 g/mol. The third kappa shape index (κ3) is 3.61. The van der Waals surface area contributed by atoms with Crippen molar-refractivity contribution in [3.05, 3.63) is 16.1 Å². The molecule has 2 fully saturated rings. The lowest BCUT2D eigenvalue weighted by Gasteiger charge is -2.15. The molecular weight excluding hydrogens is 288 g/mol. The van der Waals surface area contributed by atoms with E-state index in [9.17, 15) is 9.59 Å². The predicted octanol–water partition coefficient (Wildman–Crippen LogP) is 2.49. The molecule has 1 aromatic heterocycles. The quantitative estimate of drug-likeness (QED) is 0.786. The summed E-state index contributed by atoms with van der Waals surface area (Å²) >= 11 is 1.15. The minimum Gasteiger partial charge on any atom is -0.461 e. The molecule has 0 aromatic carbocycles. The number of nitrogens with one attached hydrogen (secondary N) is 1. The summed E-state index contributed by atoms with van der Waals surface area (Å²) in [6.07, 6.45) is 5.23. The van der Waals surface area contributed by atoms with Gasteiger partial charge in [0.05, 0.1) is 6.61 Å². The van der Waals surface area contributed by atoms with Gasteiger partial charge in [-0.2, -0.15) is 0 Å². The second-order valence-corrected chi connectivity index (χ2v) is 6.67. The Morgan fingerprint density at radius 1 is 1.38 bits per heavy atom. The summed E-state index contributed by atoms with van der Waals surface area (Å²) in [4.78, 5) is 27.7. The number of aromatic nitrogens is 1. The molecule has 1 heterocycles. The standard InChI is InChI=1S/C15H20N2O3S/c1-2-20-15(19)14-17-12(8-21-14)13(18)16-7-11(9-3-4-9)10-5-6-10/h8-11H,2-7H2,1H3,(H,16,18). The molecule has 2 aliphatic rings. The van der Waals surface area contributed by atoms with E-state index in [1.165, 1.54) is 25.7 Å². The van der Waals surface area contributed by atoms with E-state index in [-0.39, 0.29) is 10.9 Å². The second kappa shape index (κ2) is 6.13. The molecule has 0 radical (unpaired) electrons. The van der Waals surface area contributed by atoms with Crippen LogP contribution in [0.3, 0.4) is 0 Å². The number of esters is 1. The Morgan fingerprint density at radius 2 is 2.05 bits per heavy atom. The maximum atomic E-state index is 12.1. The molecule has 1 amide bonds. The topological polar surface area (TPSA) is 68.3 Å². The van der Waals surface area contributed by atoms with Crippen LogP contribution in [0.2, 0.25) is 0 Å². The van der Waals surface area contributed by atoms with E-state index < -0.39 is 5.97 Å². The van der Waals surface area contributed by atoms with Crippen LogP contribution in [0.4, 0.5) is 0 Å². The van der Waals surface area contributed by atoms with Gasteiger partial charge in [-0.1, -0.05) is 0 Å². The molecular formula is C15H20N2O3S. The van der Waals surface area contributed by atoms with Crippen LogP contribution in [0.25, 0.3) is 0 Å². The molecule has 114 valence electrons. The lowest BCUT2D eigenvalue weighted by atomic mass is 9.98. The molecule has 21 heavy (non-hydrogen) atoms. The average molecular weight is 308 g/mol. The summed E-state index contributed by atoms with van der Waals surface area (Å²) in [7, 11) is 0. The first-order valence-corrected chi connectivity index (χ1v) is 8.47. The normalized spacial score (nSPS) is 17.8. The molecule has 0 saturated heterocycles. The van der Waals surface area contributed by atoms with Gasteiger partial charge in [0, 0.05) is 11.9 Å². The fourth-order valence-corrected chi connectivity index (χ4v) is 3.42. The Bertz CT molecular complexity index is 523. The highest BCUT2D eigenvalue weighted by atomic mass is 32.1. The molecule has 0 spiro atoms. The largest absolute Gasteiger partial charge is 0.461 e. The smallest absolute Gasteiger partial charge is 0.367 e. The van der Waals surface area contributed by atoms with E-state index >= 15 is 0 Å². The molecule has 5 nitrogen and oxygen atoms in total. The third-order valence-electron chi connectivity index (χ3n) is 4.14. The summed E-state index contributed by atoms with van der Waals surface area (Å²) in [6.45, 7) is 2.79. The van der Waals surface area contributed by atoms with Crippen molar-refractivity contribution in [2.75, 3.05) is 13.2 Å². The number of amides is 1. The van der Waals surface area contributed by atoms with Crippen LogP contribution < -0.4 is 5.32 Å². The van der Waals surface area contributed by atoms with Crippen LogP contribution in [0.5, 0.6) is 0 Å². The van der Waals surface area contributed by atoms with Gasteiger partial charge in [-0.3, -0.25) is 4.79 Å². The maximum absolute atomic E-state index is 12.1. The van der Waals surface area contributed by atoms with Crippen molar-refractivity contribution in [1.29, 1.82) is 0 Å². The Labute approximate surface area is 128 Å². The molecule has 2 aliphatic carbocycles. The third-order valence-corrected chi connectivity index (χ3v) is 4.96. The van der Waals surface area contributed by atoms with Gasteiger partial charge in [0.15, 0.2) is 0 Å². The lowest BCUT2D eigenvalue weighted by Crippen LogP contribution is -2.31. The van der Waals surface area contributed by atoms with Gasteiger partial charge in [0.25, 0.3) is 5.91 Å². The molecule has 3 rings (SSSR count). The summed E-state index contributed by atoms with van der Waals surface area (Å²) in [6, 6.07) is 0. The number of carbonyl (C=O) groups excluding carboxylic acids is 2. The van der Waals surface area contributed by atoms with Crippen molar-refractivity contribution >= 4 is 23.2 Å². The summed E-state index contributed by atoms with van der Waals surface area (Å²) in [5, 5.41) is 4.83. The van der Waals surface area contributed by atoms with Gasteiger partial charge in [-0.25, -0.2) is 9.78 Å². The van der Waals surface area contributed by atoms with Gasteiger partial charge >= 0.3 is 5.97 Å². The number of ether oxygens (including phenoxy) is 1. The molecule has 6 heteroatoms. The van der Waals surface area contributed by atoms with Gasteiger partial charge in [0.1, 0.15) is 5.69 Å². The Balaban J connectivity index is 1.54. The Hall–Kier alpha value is -1.43. The molecule has 0 aliphatic heterocycles. The van der Waals surface area contributed by atoms with E-state index in [2.05, 4.69) is 10.3 Å². The first kappa shape index (κ1) is 14.5. The van der Waals surface area contributed by atoms with E-state index in [1.807, 2.05) is 0 Å². The predicted molar refractivity (Wildman–Crippen MR) is 79.3 cm³/mol. The van der Waals surface area contributed by atoms with E-state index in [1.54, 1.807) is 12.3 Å². The Morgan fingerprint density at radius 3 is 2.62 bits per heavy atom. The van der Waals surface area contributed by atoms with Crippen molar-refractivity contribution in [1.82, 2.24) is 10.3 Å². The van der Waals surface area contributed by atoms with Crippen LogP contribution >= 0.6 is 11.3 Å². The number of thiazole rings is 1. The highest BCUT2D eigenvalue weighted by molar-refractivity contribution is 7.11. The molecule has 1 N–H and O–H groups in total.